The number of carbonyl (C=O) groups excluding carboxylic acids is 1. The normalized spacial score (nSPS) is 15.0. The Hall–Kier alpha value is -2.36. The van der Waals surface area contributed by atoms with Crippen LogP contribution in [0.5, 0.6) is 0 Å². The highest BCUT2D eigenvalue weighted by atomic mass is 35.5. The molecule has 0 fully saturated rings. The Morgan fingerprint density at radius 3 is 2.75 bits per heavy atom. The number of nitrogens with one attached hydrogen (secondary N) is 1. The van der Waals surface area contributed by atoms with Crippen molar-refractivity contribution in [3.8, 4) is 0 Å². The average molecular weight is 423 g/mol. The molecule has 8 nitrogen and oxygen atoms in total. The molecule has 0 aliphatic carbocycles. The summed E-state index contributed by atoms with van der Waals surface area (Å²) in [6, 6.07) is 5.22. The predicted molar refractivity (Wildman–Crippen MR) is 104 cm³/mol. The van der Waals surface area contributed by atoms with Gasteiger partial charge in [-0.05, 0) is 30.7 Å². The topological polar surface area (TPSA) is 97.3 Å². The highest BCUT2D eigenvalue weighted by molar-refractivity contribution is 7.89. The highest BCUT2D eigenvalue weighted by Crippen LogP contribution is 2.34. The molecule has 10 heteroatoms. The summed E-state index contributed by atoms with van der Waals surface area (Å²) < 4.78 is 34.0. The molecule has 1 N–H and O–H groups in total. The molecule has 0 spiro atoms. The first-order chi connectivity index (χ1) is 13.2. The molecule has 0 saturated carbocycles. The molecule has 0 unspecified atom stereocenters. The van der Waals surface area contributed by atoms with Gasteiger partial charge in [-0.2, -0.15) is 9.40 Å². The molecule has 28 heavy (non-hydrogen) atoms. The van der Waals surface area contributed by atoms with Crippen molar-refractivity contribution in [1.29, 1.82) is 0 Å². The first-order valence-electron chi connectivity index (χ1n) is 8.65. The Morgan fingerprint density at radius 1 is 1.36 bits per heavy atom. The van der Waals surface area contributed by atoms with Crippen LogP contribution in [0.25, 0.3) is 10.9 Å². The van der Waals surface area contributed by atoms with Crippen molar-refractivity contribution >= 4 is 38.5 Å². The number of aromatic nitrogens is 3. The van der Waals surface area contributed by atoms with Gasteiger partial charge in [-0.25, -0.2) is 13.2 Å². The summed E-state index contributed by atoms with van der Waals surface area (Å²) in [6.45, 7) is 2.14. The molecule has 1 aliphatic rings. The van der Waals surface area contributed by atoms with Crippen LogP contribution in [0.3, 0.4) is 0 Å². The van der Waals surface area contributed by atoms with Crippen LogP contribution in [-0.4, -0.2) is 47.1 Å². The van der Waals surface area contributed by atoms with Crippen LogP contribution in [0.15, 0.2) is 23.1 Å². The summed E-state index contributed by atoms with van der Waals surface area (Å²) in [5.41, 5.74) is 3.46. The smallest absolute Gasteiger partial charge is 0.337 e. The van der Waals surface area contributed by atoms with E-state index in [0.29, 0.717) is 24.2 Å². The van der Waals surface area contributed by atoms with E-state index in [4.69, 9.17) is 16.3 Å². The third kappa shape index (κ3) is 2.81. The lowest BCUT2D eigenvalue weighted by Crippen LogP contribution is -2.36. The molecule has 148 valence electrons. The number of sulfonamides is 1. The first-order valence-corrected chi connectivity index (χ1v) is 10.5. The van der Waals surface area contributed by atoms with Crippen LogP contribution in [-0.2, 0) is 34.8 Å². The molecule has 0 radical (unpaired) electrons. The zero-order chi connectivity index (χ0) is 20.2. The molecule has 3 heterocycles. The van der Waals surface area contributed by atoms with Crippen LogP contribution in [0.1, 0.15) is 27.3 Å². The monoisotopic (exact) mass is 422 g/mol. The van der Waals surface area contributed by atoms with E-state index in [1.54, 1.807) is 32.2 Å². The summed E-state index contributed by atoms with van der Waals surface area (Å²) in [7, 11) is -0.876. The number of fused-ring (bicyclic) bond motifs is 3. The zero-order valence-corrected chi connectivity index (χ0v) is 17.2. The molecular weight excluding hydrogens is 404 g/mol. The third-order valence-corrected chi connectivity index (χ3v) is 7.60. The van der Waals surface area contributed by atoms with Gasteiger partial charge in [-0.1, -0.05) is 11.6 Å². The standard InChI is InChI=1S/C18H19ClN4O4S/c1-10-16(17(19)22(2)21-10)28(25,26)23-7-6-15-13(9-23)12-8-11(18(24)27-3)4-5-14(12)20-15/h4-5,8,20H,6-7,9H2,1-3H3. The van der Waals surface area contributed by atoms with E-state index in [-0.39, 0.29) is 16.6 Å². The van der Waals surface area contributed by atoms with Crippen LogP contribution < -0.4 is 0 Å². The number of aryl methyl sites for hydroxylation is 2. The van der Waals surface area contributed by atoms with Crippen molar-refractivity contribution in [3.05, 3.63) is 45.9 Å². The van der Waals surface area contributed by atoms with Crippen molar-refractivity contribution in [2.75, 3.05) is 13.7 Å². The Balaban J connectivity index is 1.77. The molecule has 0 bridgehead atoms. The van der Waals surface area contributed by atoms with Gasteiger partial charge in [0.15, 0.2) is 0 Å². The second-order valence-corrected chi connectivity index (χ2v) is 8.98. The van der Waals surface area contributed by atoms with Gasteiger partial charge < -0.3 is 9.72 Å². The molecule has 0 amide bonds. The van der Waals surface area contributed by atoms with Crippen molar-refractivity contribution in [2.45, 2.75) is 24.8 Å². The molecule has 0 saturated heterocycles. The van der Waals surface area contributed by atoms with E-state index in [1.165, 1.54) is 16.1 Å². The lowest BCUT2D eigenvalue weighted by molar-refractivity contribution is 0.0601. The van der Waals surface area contributed by atoms with Crippen LogP contribution >= 0.6 is 11.6 Å². The van der Waals surface area contributed by atoms with E-state index in [1.807, 2.05) is 0 Å². The van der Waals surface area contributed by atoms with Gasteiger partial charge in [0.1, 0.15) is 10.0 Å². The average Bonchev–Trinajstić information content (AvgIpc) is 3.16. The van der Waals surface area contributed by atoms with Crippen molar-refractivity contribution < 1.29 is 17.9 Å². The number of carbonyl (C=O) groups is 1. The number of aromatic amines is 1. The number of halogens is 1. The van der Waals surface area contributed by atoms with Crippen LogP contribution in [0.2, 0.25) is 5.15 Å². The van der Waals surface area contributed by atoms with Crippen molar-refractivity contribution in [1.82, 2.24) is 19.1 Å². The van der Waals surface area contributed by atoms with Crippen molar-refractivity contribution in [3.63, 3.8) is 0 Å². The summed E-state index contributed by atoms with van der Waals surface area (Å²) in [4.78, 5) is 15.2. The fourth-order valence-corrected chi connectivity index (χ4v) is 5.79. The lowest BCUT2D eigenvalue weighted by Gasteiger charge is -2.26. The summed E-state index contributed by atoms with van der Waals surface area (Å²) in [6.07, 6.45) is 0.535. The number of methoxy groups -OCH3 is 1. The first kappa shape index (κ1) is 19.0. The van der Waals surface area contributed by atoms with Gasteiger partial charge >= 0.3 is 5.97 Å². The third-order valence-electron chi connectivity index (χ3n) is 5.06. The van der Waals surface area contributed by atoms with Gasteiger partial charge in [0, 0.05) is 43.2 Å². The molecule has 1 aliphatic heterocycles. The minimum absolute atomic E-state index is 0.0372. The highest BCUT2D eigenvalue weighted by Gasteiger charge is 2.34. The largest absolute Gasteiger partial charge is 0.465 e. The number of esters is 1. The van der Waals surface area contributed by atoms with Crippen LogP contribution in [0, 0.1) is 6.92 Å². The number of ether oxygens (including phenoxy) is 1. The molecular formula is C18H19ClN4O4S. The maximum Gasteiger partial charge on any atom is 0.337 e. The predicted octanol–water partition coefficient (Wildman–Crippen LogP) is 2.40. The molecule has 1 aromatic carbocycles. The van der Waals surface area contributed by atoms with Crippen molar-refractivity contribution in [2.24, 2.45) is 7.05 Å². The summed E-state index contributed by atoms with van der Waals surface area (Å²) in [5, 5.41) is 5.02. The number of rotatable bonds is 3. The maximum absolute atomic E-state index is 13.2. The van der Waals surface area contributed by atoms with E-state index in [0.717, 1.165) is 22.2 Å². The van der Waals surface area contributed by atoms with Crippen LogP contribution in [0.4, 0.5) is 0 Å². The molecule has 2 aromatic heterocycles. The van der Waals surface area contributed by atoms with Gasteiger partial charge in [-0.3, -0.25) is 4.68 Å². The van der Waals surface area contributed by atoms with Gasteiger partial charge in [0.25, 0.3) is 0 Å². The van der Waals surface area contributed by atoms with E-state index in [9.17, 15) is 13.2 Å². The quantitative estimate of drug-likeness (QED) is 0.653. The van der Waals surface area contributed by atoms with Gasteiger partial charge in [-0.15, -0.1) is 0 Å². The van der Waals surface area contributed by atoms with E-state index in [2.05, 4.69) is 10.1 Å². The Kier molecular flexibility index (Phi) is 4.48. The second-order valence-electron chi connectivity index (χ2n) is 6.75. The number of hydrogen-bond acceptors (Lipinski definition) is 5. The number of nitrogens with zero attached hydrogens (tertiary/aromatic N) is 3. The zero-order valence-electron chi connectivity index (χ0n) is 15.6. The van der Waals surface area contributed by atoms with E-state index >= 15 is 0 Å². The number of hydrogen-bond donors (Lipinski definition) is 1. The lowest BCUT2D eigenvalue weighted by atomic mass is 10.0. The Bertz CT molecular complexity index is 1210. The van der Waals surface area contributed by atoms with Gasteiger partial charge in [0.2, 0.25) is 10.0 Å². The fraction of sp³-hybridized carbons (Fsp3) is 0.333. The summed E-state index contributed by atoms with van der Waals surface area (Å²) in [5.74, 6) is -0.435. The molecule has 3 aromatic rings. The minimum Gasteiger partial charge on any atom is -0.465 e. The fourth-order valence-electron chi connectivity index (χ4n) is 3.67. The Morgan fingerprint density at radius 2 is 2.11 bits per heavy atom. The van der Waals surface area contributed by atoms with E-state index < -0.39 is 16.0 Å². The SMILES string of the molecule is COC(=O)c1ccc2[nH]c3c(c2c1)CN(S(=O)(=O)c1c(C)nn(C)c1Cl)CC3. The molecule has 0 atom stereocenters. The number of H-pyrrole nitrogens is 1. The number of benzene rings is 1. The second kappa shape index (κ2) is 6.61. The molecule has 4 rings (SSSR count). The maximum atomic E-state index is 13.2. The van der Waals surface area contributed by atoms with Gasteiger partial charge in [0.05, 0.1) is 18.4 Å². The minimum atomic E-state index is -3.81. The Labute approximate surface area is 167 Å². The summed E-state index contributed by atoms with van der Waals surface area (Å²) >= 11 is 6.20.